The largest absolute Gasteiger partial charge is 0.465 e. The average molecular weight is 276 g/mol. The van der Waals surface area contributed by atoms with Crippen molar-refractivity contribution in [2.45, 2.75) is 20.8 Å². The first kappa shape index (κ1) is 17.4. The first-order chi connectivity index (χ1) is 8.94. The summed E-state index contributed by atoms with van der Waals surface area (Å²) in [6.45, 7) is 3.78. The SMILES string of the molecule is CCOC(=O)C(COC)(COC(C)=O)C(=O)OCC. The van der Waals surface area contributed by atoms with Crippen LogP contribution in [0.15, 0.2) is 0 Å². The summed E-state index contributed by atoms with van der Waals surface area (Å²) in [6.07, 6.45) is 0. The maximum absolute atomic E-state index is 12.0. The van der Waals surface area contributed by atoms with Crippen LogP contribution in [0.4, 0.5) is 0 Å². The molecule has 110 valence electrons. The minimum absolute atomic E-state index is 0.0871. The van der Waals surface area contributed by atoms with E-state index in [0.717, 1.165) is 0 Å². The number of rotatable bonds is 8. The number of ether oxygens (including phenoxy) is 4. The number of hydrogen-bond donors (Lipinski definition) is 0. The molecule has 0 aliphatic rings. The van der Waals surface area contributed by atoms with Crippen LogP contribution in [0.2, 0.25) is 0 Å². The van der Waals surface area contributed by atoms with Crippen LogP contribution in [-0.2, 0) is 33.3 Å². The van der Waals surface area contributed by atoms with Crippen molar-refractivity contribution in [1.82, 2.24) is 0 Å². The lowest BCUT2D eigenvalue weighted by Gasteiger charge is -2.27. The molecule has 0 aliphatic heterocycles. The molecule has 0 radical (unpaired) electrons. The number of carbonyl (C=O) groups excluding carboxylic acids is 3. The fourth-order valence-electron chi connectivity index (χ4n) is 1.37. The fourth-order valence-corrected chi connectivity index (χ4v) is 1.37. The molecular formula is C12H20O7. The zero-order chi connectivity index (χ0) is 14.9. The highest BCUT2D eigenvalue weighted by atomic mass is 16.6. The number of esters is 3. The summed E-state index contributed by atoms with van der Waals surface area (Å²) in [5.41, 5.74) is -1.79. The highest BCUT2D eigenvalue weighted by Crippen LogP contribution is 2.23. The van der Waals surface area contributed by atoms with Crippen molar-refractivity contribution >= 4 is 17.9 Å². The van der Waals surface area contributed by atoms with Gasteiger partial charge in [0.25, 0.3) is 0 Å². The van der Waals surface area contributed by atoms with Gasteiger partial charge in [-0.3, -0.25) is 14.4 Å². The van der Waals surface area contributed by atoms with Crippen LogP contribution < -0.4 is 0 Å². The molecule has 0 aromatic rings. The van der Waals surface area contributed by atoms with Gasteiger partial charge in [-0.15, -0.1) is 0 Å². The van der Waals surface area contributed by atoms with E-state index in [0.29, 0.717) is 0 Å². The molecule has 0 N–H and O–H groups in total. The summed E-state index contributed by atoms with van der Waals surface area (Å²) in [7, 11) is 1.32. The third-order valence-corrected chi connectivity index (χ3v) is 2.24. The third-order valence-electron chi connectivity index (χ3n) is 2.24. The Morgan fingerprint density at radius 3 is 1.68 bits per heavy atom. The highest BCUT2D eigenvalue weighted by Gasteiger charge is 2.50. The van der Waals surface area contributed by atoms with E-state index in [2.05, 4.69) is 0 Å². The average Bonchev–Trinajstić information content (AvgIpc) is 2.34. The van der Waals surface area contributed by atoms with Crippen molar-refractivity contribution in [2.24, 2.45) is 5.41 Å². The molecule has 7 nitrogen and oxygen atoms in total. The zero-order valence-electron chi connectivity index (χ0n) is 11.7. The minimum Gasteiger partial charge on any atom is -0.465 e. The maximum atomic E-state index is 12.0. The molecule has 0 saturated carbocycles. The Labute approximate surface area is 112 Å². The lowest BCUT2D eigenvalue weighted by Crippen LogP contribution is -2.49. The van der Waals surface area contributed by atoms with Crippen LogP contribution in [0.3, 0.4) is 0 Å². The quantitative estimate of drug-likeness (QED) is 0.358. The molecule has 0 saturated heterocycles. The van der Waals surface area contributed by atoms with Crippen molar-refractivity contribution in [1.29, 1.82) is 0 Å². The van der Waals surface area contributed by atoms with Gasteiger partial charge in [0.05, 0.1) is 19.8 Å². The van der Waals surface area contributed by atoms with Crippen LogP contribution in [0, 0.1) is 5.41 Å². The Morgan fingerprint density at radius 1 is 0.895 bits per heavy atom. The predicted molar refractivity (Wildman–Crippen MR) is 64.2 cm³/mol. The molecule has 19 heavy (non-hydrogen) atoms. The molecule has 0 heterocycles. The second-order valence-corrected chi connectivity index (χ2v) is 3.74. The van der Waals surface area contributed by atoms with E-state index < -0.39 is 29.9 Å². The Kier molecular flexibility index (Phi) is 7.74. The van der Waals surface area contributed by atoms with Crippen LogP contribution in [0.1, 0.15) is 20.8 Å². The Bertz CT molecular complexity index is 306. The first-order valence-corrected chi connectivity index (χ1v) is 5.91. The molecule has 0 bridgehead atoms. The summed E-state index contributed by atoms with van der Waals surface area (Å²) >= 11 is 0. The zero-order valence-corrected chi connectivity index (χ0v) is 11.7. The fraction of sp³-hybridized carbons (Fsp3) is 0.750. The maximum Gasteiger partial charge on any atom is 0.329 e. The summed E-state index contributed by atoms with van der Waals surface area (Å²) in [4.78, 5) is 34.9. The van der Waals surface area contributed by atoms with E-state index in [1.165, 1.54) is 14.0 Å². The van der Waals surface area contributed by atoms with Crippen molar-refractivity contribution in [3.8, 4) is 0 Å². The van der Waals surface area contributed by atoms with Gasteiger partial charge < -0.3 is 18.9 Å². The van der Waals surface area contributed by atoms with E-state index in [4.69, 9.17) is 18.9 Å². The molecule has 0 amide bonds. The number of hydrogen-bond acceptors (Lipinski definition) is 7. The summed E-state index contributed by atoms with van der Waals surface area (Å²) in [5.74, 6) is -2.29. The Morgan fingerprint density at radius 2 is 1.37 bits per heavy atom. The summed E-state index contributed by atoms with van der Waals surface area (Å²) < 4.78 is 19.4. The molecular weight excluding hydrogens is 256 g/mol. The normalized spacial score (nSPS) is 10.7. The van der Waals surface area contributed by atoms with Gasteiger partial charge in [0.1, 0.15) is 6.61 Å². The van der Waals surface area contributed by atoms with Crippen LogP contribution >= 0.6 is 0 Å². The van der Waals surface area contributed by atoms with Gasteiger partial charge in [-0.1, -0.05) is 0 Å². The Balaban J connectivity index is 5.25. The van der Waals surface area contributed by atoms with Gasteiger partial charge in [0.2, 0.25) is 5.41 Å². The van der Waals surface area contributed by atoms with Crippen molar-refractivity contribution in [3.05, 3.63) is 0 Å². The monoisotopic (exact) mass is 276 g/mol. The molecule has 0 aliphatic carbocycles. The molecule has 0 rings (SSSR count). The minimum atomic E-state index is -1.79. The standard InChI is InChI=1S/C12H20O7/c1-5-17-10(14)12(7-16-4,8-19-9(3)13)11(15)18-6-2/h5-8H2,1-4H3. The molecule has 0 unspecified atom stereocenters. The molecule has 0 aromatic heterocycles. The van der Waals surface area contributed by atoms with E-state index in [-0.39, 0.29) is 19.8 Å². The Hall–Kier alpha value is -1.63. The first-order valence-electron chi connectivity index (χ1n) is 5.91. The van der Waals surface area contributed by atoms with Gasteiger partial charge in [0.15, 0.2) is 0 Å². The lowest BCUT2D eigenvalue weighted by atomic mass is 9.90. The lowest BCUT2D eigenvalue weighted by molar-refractivity contribution is -0.182. The van der Waals surface area contributed by atoms with E-state index >= 15 is 0 Å². The van der Waals surface area contributed by atoms with E-state index in [1.54, 1.807) is 13.8 Å². The third kappa shape index (κ3) is 4.86. The number of methoxy groups -OCH3 is 1. The molecule has 0 spiro atoms. The van der Waals surface area contributed by atoms with Crippen molar-refractivity contribution in [2.75, 3.05) is 33.5 Å². The van der Waals surface area contributed by atoms with Crippen LogP contribution in [-0.4, -0.2) is 51.4 Å². The van der Waals surface area contributed by atoms with Gasteiger partial charge in [-0.05, 0) is 13.8 Å². The summed E-state index contributed by atoms with van der Waals surface area (Å²) in [6, 6.07) is 0. The van der Waals surface area contributed by atoms with Crippen LogP contribution in [0.25, 0.3) is 0 Å². The molecule has 0 fully saturated rings. The predicted octanol–water partition coefficient (Wildman–Crippen LogP) is 0.308. The van der Waals surface area contributed by atoms with Gasteiger partial charge >= 0.3 is 17.9 Å². The van der Waals surface area contributed by atoms with Gasteiger partial charge in [0, 0.05) is 14.0 Å². The van der Waals surface area contributed by atoms with E-state index in [1.807, 2.05) is 0 Å². The second kappa shape index (κ2) is 8.47. The van der Waals surface area contributed by atoms with Gasteiger partial charge in [-0.2, -0.15) is 0 Å². The van der Waals surface area contributed by atoms with Crippen molar-refractivity contribution < 1.29 is 33.3 Å². The molecule has 0 atom stereocenters. The van der Waals surface area contributed by atoms with Crippen LogP contribution in [0.5, 0.6) is 0 Å². The smallest absolute Gasteiger partial charge is 0.329 e. The second-order valence-electron chi connectivity index (χ2n) is 3.74. The number of carbonyl (C=O) groups is 3. The van der Waals surface area contributed by atoms with Gasteiger partial charge in [-0.25, -0.2) is 0 Å². The molecule has 0 aromatic carbocycles. The topological polar surface area (TPSA) is 88.1 Å². The van der Waals surface area contributed by atoms with E-state index in [9.17, 15) is 14.4 Å². The molecule has 7 heteroatoms. The summed E-state index contributed by atoms with van der Waals surface area (Å²) in [5, 5.41) is 0. The highest BCUT2D eigenvalue weighted by molar-refractivity contribution is 6.00. The van der Waals surface area contributed by atoms with Crippen molar-refractivity contribution in [3.63, 3.8) is 0 Å².